The quantitative estimate of drug-likeness (QED) is 0.743. The van der Waals surface area contributed by atoms with E-state index in [1.54, 1.807) is 20.2 Å². The highest BCUT2D eigenvalue weighted by Crippen LogP contribution is 2.23. The van der Waals surface area contributed by atoms with Crippen LogP contribution in [0.25, 0.3) is 0 Å². The Bertz CT molecular complexity index is 410. The molecule has 0 heterocycles. The zero-order valence-electron chi connectivity index (χ0n) is 8.94. The fourth-order valence-corrected chi connectivity index (χ4v) is 1.24. The van der Waals surface area contributed by atoms with Crippen LogP contribution in [0.4, 0.5) is 0 Å². The SMILES string of the molecule is CC(=O)c1cccc(C(=O)N(C)C)c1O. The van der Waals surface area contributed by atoms with E-state index >= 15 is 0 Å². The highest BCUT2D eigenvalue weighted by Gasteiger charge is 2.17. The van der Waals surface area contributed by atoms with E-state index in [0.717, 1.165) is 0 Å². The first kappa shape index (κ1) is 11.2. The second kappa shape index (κ2) is 4.13. The molecule has 0 aliphatic heterocycles. The first-order valence-electron chi connectivity index (χ1n) is 4.49. The van der Waals surface area contributed by atoms with Crippen molar-refractivity contribution in [3.8, 4) is 5.75 Å². The lowest BCUT2D eigenvalue weighted by Crippen LogP contribution is -2.22. The molecule has 80 valence electrons. The number of phenols is 1. The fourth-order valence-electron chi connectivity index (χ4n) is 1.24. The summed E-state index contributed by atoms with van der Waals surface area (Å²) in [5.41, 5.74) is 0.315. The summed E-state index contributed by atoms with van der Waals surface area (Å²) in [7, 11) is 3.17. The number of rotatable bonds is 2. The molecule has 1 aromatic rings. The van der Waals surface area contributed by atoms with E-state index in [4.69, 9.17) is 0 Å². The Labute approximate surface area is 88.1 Å². The van der Waals surface area contributed by atoms with Gasteiger partial charge in [-0.15, -0.1) is 0 Å². The molecular weight excluding hydrogens is 194 g/mol. The van der Waals surface area contributed by atoms with Gasteiger partial charge in [-0.3, -0.25) is 9.59 Å². The maximum Gasteiger partial charge on any atom is 0.257 e. The van der Waals surface area contributed by atoms with Crippen LogP contribution in [0, 0.1) is 0 Å². The number of carbonyl (C=O) groups excluding carboxylic acids is 2. The number of ketones is 1. The number of phenolic OH excluding ortho intramolecular Hbond substituents is 1. The van der Waals surface area contributed by atoms with Crippen LogP contribution in [0.5, 0.6) is 5.75 Å². The van der Waals surface area contributed by atoms with Gasteiger partial charge in [0.2, 0.25) is 0 Å². The van der Waals surface area contributed by atoms with Crippen LogP contribution in [0.3, 0.4) is 0 Å². The fraction of sp³-hybridized carbons (Fsp3) is 0.273. The molecule has 0 fully saturated rings. The average Bonchev–Trinajstić information content (AvgIpc) is 2.16. The summed E-state index contributed by atoms with van der Waals surface area (Å²) in [6.45, 7) is 1.35. The largest absolute Gasteiger partial charge is 0.506 e. The summed E-state index contributed by atoms with van der Waals surface area (Å²) in [5, 5.41) is 9.71. The van der Waals surface area contributed by atoms with Crippen molar-refractivity contribution < 1.29 is 14.7 Å². The molecule has 0 bridgehead atoms. The molecule has 1 N–H and O–H groups in total. The lowest BCUT2D eigenvalue weighted by molar-refractivity contribution is 0.0824. The highest BCUT2D eigenvalue weighted by molar-refractivity contribution is 6.03. The van der Waals surface area contributed by atoms with Crippen LogP contribution in [-0.2, 0) is 0 Å². The molecular formula is C11H13NO3. The lowest BCUT2D eigenvalue weighted by atomic mass is 10.1. The number of para-hydroxylation sites is 1. The predicted octanol–water partition coefficient (Wildman–Crippen LogP) is 1.30. The minimum absolute atomic E-state index is 0.146. The van der Waals surface area contributed by atoms with Gasteiger partial charge in [0.15, 0.2) is 5.78 Å². The van der Waals surface area contributed by atoms with Crippen LogP contribution in [0.1, 0.15) is 27.6 Å². The third-order valence-electron chi connectivity index (χ3n) is 2.05. The molecule has 0 unspecified atom stereocenters. The van der Waals surface area contributed by atoms with Crippen LogP contribution >= 0.6 is 0 Å². The normalized spacial score (nSPS) is 9.80. The molecule has 4 heteroatoms. The van der Waals surface area contributed by atoms with Gasteiger partial charge in [-0.2, -0.15) is 0 Å². The molecule has 0 aromatic heterocycles. The molecule has 1 aromatic carbocycles. The predicted molar refractivity (Wildman–Crippen MR) is 56.1 cm³/mol. The van der Waals surface area contributed by atoms with Crippen molar-refractivity contribution in [2.24, 2.45) is 0 Å². The van der Waals surface area contributed by atoms with Crippen molar-refractivity contribution in [2.45, 2.75) is 6.92 Å². The molecule has 1 rings (SSSR count). The Hall–Kier alpha value is -1.84. The number of nitrogens with zero attached hydrogens (tertiary/aromatic N) is 1. The van der Waals surface area contributed by atoms with Crippen LogP contribution < -0.4 is 0 Å². The van der Waals surface area contributed by atoms with E-state index < -0.39 is 0 Å². The first-order valence-corrected chi connectivity index (χ1v) is 4.49. The van der Waals surface area contributed by atoms with Crippen molar-refractivity contribution in [3.63, 3.8) is 0 Å². The Morgan fingerprint density at radius 3 is 2.20 bits per heavy atom. The topological polar surface area (TPSA) is 57.6 Å². The van der Waals surface area contributed by atoms with Crippen molar-refractivity contribution in [3.05, 3.63) is 29.3 Å². The van der Waals surface area contributed by atoms with Gasteiger partial charge in [-0.25, -0.2) is 0 Å². The monoisotopic (exact) mass is 207 g/mol. The Kier molecular flexibility index (Phi) is 3.09. The molecule has 0 saturated heterocycles. The van der Waals surface area contributed by atoms with Gasteiger partial charge in [-0.05, 0) is 19.1 Å². The van der Waals surface area contributed by atoms with Gasteiger partial charge in [0.05, 0.1) is 11.1 Å². The van der Waals surface area contributed by atoms with Crippen LogP contribution in [-0.4, -0.2) is 35.8 Å². The van der Waals surface area contributed by atoms with Crippen LogP contribution in [0.15, 0.2) is 18.2 Å². The third kappa shape index (κ3) is 2.15. The number of Topliss-reactive ketones (excluding diaryl/α,β-unsaturated/α-hetero) is 1. The number of hydrogen-bond donors (Lipinski definition) is 1. The highest BCUT2D eigenvalue weighted by atomic mass is 16.3. The second-order valence-corrected chi connectivity index (χ2v) is 3.46. The third-order valence-corrected chi connectivity index (χ3v) is 2.05. The van der Waals surface area contributed by atoms with Crippen LogP contribution in [0.2, 0.25) is 0 Å². The van der Waals surface area contributed by atoms with Gasteiger partial charge < -0.3 is 10.0 Å². The summed E-state index contributed by atoms with van der Waals surface area (Å²) in [4.78, 5) is 24.1. The molecule has 0 spiro atoms. The Morgan fingerprint density at radius 1 is 1.20 bits per heavy atom. The van der Waals surface area contributed by atoms with Gasteiger partial charge >= 0.3 is 0 Å². The molecule has 0 atom stereocenters. The van der Waals surface area contributed by atoms with Gasteiger partial charge in [0, 0.05) is 14.1 Å². The average molecular weight is 207 g/mol. The summed E-state index contributed by atoms with van der Waals surface area (Å²) >= 11 is 0. The maximum atomic E-state index is 11.6. The number of benzene rings is 1. The smallest absolute Gasteiger partial charge is 0.257 e. The number of amides is 1. The Balaban J connectivity index is 3.27. The molecule has 0 saturated carbocycles. The maximum absolute atomic E-state index is 11.6. The van der Waals surface area contributed by atoms with E-state index in [0.29, 0.717) is 0 Å². The number of hydrogen-bond acceptors (Lipinski definition) is 3. The van der Waals surface area contributed by atoms with E-state index in [9.17, 15) is 14.7 Å². The van der Waals surface area contributed by atoms with E-state index in [-0.39, 0.29) is 28.6 Å². The summed E-state index contributed by atoms with van der Waals surface area (Å²) in [5.74, 6) is -0.833. The van der Waals surface area contributed by atoms with E-state index in [1.807, 2.05) is 0 Å². The molecule has 4 nitrogen and oxygen atoms in total. The summed E-state index contributed by atoms with van der Waals surface area (Å²) in [6, 6.07) is 4.56. The minimum atomic E-state index is -0.324. The molecule has 0 aliphatic carbocycles. The number of aromatic hydroxyl groups is 1. The summed E-state index contributed by atoms with van der Waals surface area (Å²) < 4.78 is 0. The summed E-state index contributed by atoms with van der Waals surface area (Å²) in [6.07, 6.45) is 0. The molecule has 0 radical (unpaired) electrons. The van der Waals surface area contributed by atoms with Crippen molar-refractivity contribution >= 4 is 11.7 Å². The number of carbonyl (C=O) groups is 2. The lowest BCUT2D eigenvalue weighted by Gasteiger charge is -2.12. The van der Waals surface area contributed by atoms with Crippen molar-refractivity contribution in [2.75, 3.05) is 14.1 Å². The first-order chi connectivity index (χ1) is 6.95. The zero-order chi connectivity index (χ0) is 11.6. The van der Waals surface area contributed by atoms with E-state index in [1.165, 1.54) is 24.0 Å². The zero-order valence-corrected chi connectivity index (χ0v) is 8.94. The van der Waals surface area contributed by atoms with Crippen molar-refractivity contribution in [1.29, 1.82) is 0 Å². The minimum Gasteiger partial charge on any atom is -0.506 e. The van der Waals surface area contributed by atoms with E-state index in [2.05, 4.69) is 0 Å². The standard InChI is InChI=1S/C11H13NO3/c1-7(13)8-5-4-6-9(10(8)14)11(15)12(2)3/h4-6,14H,1-3H3. The second-order valence-electron chi connectivity index (χ2n) is 3.46. The van der Waals surface area contributed by atoms with Crippen molar-refractivity contribution in [1.82, 2.24) is 4.90 Å². The molecule has 0 aliphatic rings. The Morgan fingerprint density at radius 2 is 1.73 bits per heavy atom. The van der Waals surface area contributed by atoms with Gasteiger partial charge in [-0.1, -0.05) is 6.07 Å². The molecule has 15 heavy (non-hydrogen) atoms. The van der Waals surface area contributed by atoms with Gasteiger partial charge in [0.25, 0.3) is 5.91 Å². The molecule has 1 amide bonds. The van der Waals surface area contributed by atoms with Gasteiger partial charge in [0.1, 0.15) is 5.75 Å².